The van der Waals surface area contributed by atoms with Crippen molar-refractivity contribution in [3.05, 3.63) is 156 Å². The van der Waals surface area contributed by atoms with Gasteiger partial charge in [-0.15, -0.1) is 0 Å². The lowest BCUT2D eigenvalue weighted by molar-refractivity contribution is 0.340. The molecule has 0 radical (unpaired) electrons. The molecule has 196 valence electrons. The summed E-state index contributed by atoms with van der Waals surface area (Å²) in [6, 6.07) is 38.3. The van der Waals surface area contributed by atoms with Crippen molar-refractivity contribution in [3.63, 3.8) is 0 Å². The average Bonchev–Trinajstić information content (AvgIpc) is 3.30. The summed E-state index contributed by atoms with van der Waals surface area (Å²) in [7, 11) is 2.17. The molecule has 0 amide bonds. The molecule has 3 heteroatoms. The number of ether oxygens (including phenoxy) is 1. The summed E-state index contributed by atoms with van der Waals surface area (Å²) in [5.74, 6) is 0.892. The molecule has 0 unspecified atom stereocenters. The molecule has 0 bridgehead atoms. The van der Waals surface area contributed by atoms with Crippen LogP contribution in [0, 0.1) is 0 Å². The van der Waals surface area contributed by atoms with E-state index in [2.05, 4.69) is 133 Å². The first-order valence-electron chi connectivity index (χ1n) is 13.8. The van der Waals surface area contributed by atoms with Crippen LogP contribution < -0.4 is 4.74 Å². The van der Waals surface area contributed by atoms with Crippen LogP contribution in [0.5, 0.6) is 5.75 Å². The lowest BCUT2D eigenvalue weighted by Crippen LogP contribution is -2.00. The zero-order valence-corrected chi connectivity index (χ0v) is 22.9. The zero-order valence-electron chi connectivity index (χ0n) is 22.9. The predicted molar refractivity (Wildman–Crippen MR) is 168 cm³/mol. The van der Waals surface area contributed by atoms with Crippen molar-refractivity contribution in [2.75, 3.05) is 6.61 Å². The number of aryl methyl sites for hydroxylation is 1. The summed E-state index contributed by atoms with van der Waals surface area (Å²) in [4.78, 5) is 4.86. The largest absolute Gasteiger partial charge is 0.494 e. The van der Waals surface area contributed by atoms with Crippen LogP contribution in [0.25, 0.3) is 27.7 Å². The summed E-state index contributed by atoms with van der Waals surface area (Å²) < 4.78 is 7.89. The predicted octanol–water partition coefficient (Wildman–Crippen LogP) is 8.81. The van der Waals surface area contributed by atoms with Crippen molar-refractivity contribution in [1.82, 2.24) is 4.57 Å². The smallest absolute Gasteiger partial charge is 0.119 e. The Morgan fingerprint density at radius 3 is 2.08 bits per heavy atom. The van der Waals surface area contributed by atoms with E-state index in [0.29, 0.717) is 13.2 Å². The molecule has 6 rings (SSSR count). The molecule has 0 atom stereocenters. The van der Waals surface area contributed by atoms with Gasteiger partial charge in [-0.3, -0.25) is 4.99 Å². The maximum atomic E-state index is 5.56. The van der Waals surface area contributed by atoms with Crippen molar-refractivity contribution in [2.45, 2.75) is 13.5 Å². The zero-order chi connectivity index (χ0) is 27.3. The van der Waals surface area contributed by atoms with Gasteiger partial charge in [-0.2, -0.15) is 0 Å². The number of aromatic nitrogens is 1. The standard InChI is InChI=1S/C37H32N2O/c1-3-40-32-24-18-27(19-25-32)26-38-31-22-20-29(21-23-31)35(28-12-6-4-7-13-28)36-33-16-10-11-17-34(33)39(2)37(36)30-14-8-5-9-15-30/h4-25H,3,26H2,1-2H3. The van der Waals surface area contributed by atoms with Gasteiger partial charge in [-0.1, -0.05) is 103 Å². The summed E-state index contributed by atoms with van der Waals surface area (Å²) >= 11 is 0. The Bertz CT molecular complexity index is 1730. The number of allylic oxidation sites excluding steroid dienone is 5. The third-order valence-electron chi connectivity index (χ3n) is 7.30. The minimum Gasteiger partial charge on any atom is -0.494 e. The molecule has 0 saturated carbocycles. The highest BCUT2D eigenvalue weighted by Gasteiger charge is 2.22. The average molecular weight is 521 g/mol. The van der Waals surface area contributed by atoms with Crippen molar-refractivity contribution in [3.8, 4) is 17.0 Å². The minimum absolute atomic E-state index is 0.627. The molecule has 5 aromatic rings. The third-order valence-corrected chi connectivity index (χ3v) is 7.30. The van der Waals surface area contributed by atoms with Gasteiger partial charge in [0.05, 0.1) is 24.6 Å². The number of hydrogen-bond acceptors (Lipinski definition) is 2. The van der Waals surface area contributed by atoms with E-state index in [9.17, 15) is 0 Å². The molecule has 0 fully saturated rings. The van der Waals surface area contributed by atoms with E-state index in [0.717, 1.165) is 17.0 Å². The molecule has 4 aromatic carbocycles. The maximum Gasteiger partial charge on any atom is 0.119 e. The molecular weight excluding hydrogens is 488 g/mol. The molecule has 1 aliphatic rings. The number of nitrogens with zero attached hydrogens (tertiary/aromatic N) is 2. The van der Waals surface area contributed by atoms with Gasteiger partial charge in [0.1, 0.15) is 5.75 Å². The van der Waals surface area contributed by atoms with E-state index in [-0.39, 0.29) is 0 Å². The Labute approximate surface area is 236 Å². The van der Waals surface area contributed by atoms with Crippen LogP contribution in [0.15, 0.2) is 144 Å². The number of benzene rings is 4. The van der Waals surface area contributed by atoms with Crippen molar-refractivity contribution >= 4 is 22.2 Å². The fraction of sp³-hybridized carbons (Fsp3) is 0.108. The fourth-order valence-corrected chi connectivity index (χ4v) is 5.41. The summed E-state index contributed by atoms with van der Waals surface area (Å²) in [5, 5.41) is 1.24. The molecule has 3 nitrogen and oxygen atoms in total. The molecule has 0 spiro atoms. The highest BCUT2D eigenvalue weighted by Crippen LogP contribution is 2.42. The lowest BCUT2D eigenvalue weighted by Gasteiger charge is -2.16. The van der Waals surface area contributed by atoms with Gasteiger partial charge < -0.3 is 9.30 Å². The molecule has 1 heterocycles. The Morgan fingerprint density at radius 2 is 1.38 bits per heavy atom. The second kappa shape index (κ2) is 11.5. The Balaban J connectivity index is 1.45. The topological polar surface area (TPSA) is 26.5 Å². The summed E-state index contributed by atoms with van der Waals surface area (Å²) in [6.45, 7) is 3.29. The van der Waals surface area contributed by atoms with E-state index in [1.807, 2.05) is 19.1 Å². The minimum atomic E-state index is 0.627. The van der Waals surface area contributed by atoms with Gasteiger partial charge in [0.15, 0.2) is 0 Å². The second-order valence-corrected chi connectivity index (χ2v) is 9.85. The first-order valence-corrected chi connectivity index (χ1v) is 13.8. The fourth-order valence-electron chi connectivity index (χ4n) is 5.41. The second-order valence-electron chi connectivity index (χ2n) is 9.85. The number of para-hydroxylation sites is 1. The van der Waals surface area contributed by atoms with Crippen molar-refractivity contribution in [2.24, 2.45) is 12.0 Å². The van der Waals surface area contributed by atoms with Gasteiger partial charge >= 0.3 is 0 Å². The number of aliphatic imine (C=N–C) groups is 1. The molecule has 0 saturated heterocycles. The highest BCUT2D eigenvalue weighted by atomic mass is 16.5. The van der Waals surface area contributed by atoms with Gasteiger partial charge in [-0.25, -0.2) is 0 Å². The van der Waals surface area contributed by atoms with Crippen LogP contribution >= 0.6 is 0 Å². The maximum absolute atomic E-state index is 5.56. The molecule has 0 N–H and O–H groups in total. The number of hydrogen-bond donors (Lipinski definition) is 0. The monoisotopic (exact) mass is 520 g/mol. The van der Waals surface area contributed by atoms with Gasteiger partial charge in [0.2, 0.25) is 0 Å². The van der Waals surface area contributed by atoms with Crippen LogP contribution in [-0.4, -0.2) is 16.9 Å². The van der Waals surface area contributed by atoms with Crippen LogP contribution in [0.4, 0.5) is 0 Å². The molecule has 1 aromatic heterocycles. The molecule has 1 aliphatic carbocycles. The molecule has 0 aliphatic heterocycles. The van der Waals surface area contributed by atoms with Crippen molar-refractivity contribution < 1.29 is 4.74 Å². The van der Waals surface area contributed by atoms with Gasteiger partial charge in [0.25, 0.3) is 0 Å². The highest BCUT2D eigenvalue weighted by molar-refractivity contribution is 6.10. The molecule has 40 heavy (non-hydrogen) atoms. The number of fused-ring (bicyclic) bond motifs is 1. The first-order chi connectivity index (χ1) is 19.7. The van der Waals surface area contributed by atoms with Gasteiger partial charge in [-0.05, 0) is 65.1 Å². The van der Waals surface area contributed by atoms with Crippen LogP contribution in [0.1, 0.15) is 23.6 Å². The lowest BCUT2D eigenvalue weighted by atomic mass is 9.88. The van der Waals surface area contributed by atoms with E-state index in [4.69, 9.17) is 9.73 Å². The van der Waals surface area contributed by atoms with Gasteiger partial charge in [0, 0.05) is 23.5 Å². The Morgan fingerprint density at radius 1 is 0.725 bits per heavy atom. The van der Waals surface area contributed by atoms with Crippen LogP contribution in [-0.2, 0) is 13.6 Å². The SMILES string of the molecule is CCOc1ccc(CN=C2C=CC(=C(c3ccccc3)c3c(-c4ccccc4)n(C)c4ccccc34)C=C2)cc1. The van der Waals surface area contributed by atoms with Crippen molar-refractivity contribution in [1.29, 1.82) is 0 Å². The van der Waals surface area contributed by atoms with E-state index in [1.165, 1.54) is 44.4 Å². The van der Waals surface area contributed by atoms with E-state index in [1.54, 1.807) is 0 Å². The first kappa shape index (κ1) is 25.4. The quantitative estimate of drug-likeness (QED) is 0.211. The van der Waals surface area contributed by atoms with E-state index < -0.39 is 0 Å². The van der Waals surface area contributed by atoms with E-state index >= 15 is 0 Å². The Hall–Kier alpha value is -4.89. The number of rotatable bonds is 7. The van der Waals surface area contributed by atoms with Crippen LogP contribution in [0.3, 0.4) is 0 Å². The third kappa shape index (κ3) is 5.06. The summed E-state index contributed by atoms with van der Waals surface area (Å²) in [5.41, 5.74) is 10.6. The normalized spacial score (nSPS) is 12.7. The van der Waals surface area contributed by atoms with Crippen LogP contribution in [0.2, 0.25) is 0 Å². The Kier molecular flexibility index (Phi) is 7.28. The molecular formula is C37H32N2O. The summed E-state index contributed by atoms with van der Waals surface area (Å²) in [6.07, 6.45) is 8.66.